The minimum absolute atomic E-state index is 0.323. The maximum Gasteiger partial charge on any atom is 0.240 e. The minimum Gasteiger partial charge on any atom is -0.338 e. The van der Waals surface area contributed by atoms with E-state index in [9.17, 15) is 0 Å². The largest absolute Gasteiger partial charge is 0.338 e. The van der Waals surface area contributed by atoms with Gasteiger partial charge in [0.05, 0.1) is 6.54 Å². The van der Waals surface area contributed by atoms with Gasteiger partial charge in [-0.05, 0) is 41.8 Å². The molecule has 2 aromatic rings. The maximum absolute atomic E-state index is 5.35. The Morgan fingerprint density at radius 2 is 2.42 bits per heavy atom. The molecule has 1 fully saturated rings. The van der Waals surface area contributed by atoms with Crippen LogP contribution in [0.25, 0.3) is 0 Å². The van der Waals surface area contributed by atoms with E-state index < -0.39 is 0 Å². The molecule has 19 heavy (non-hydrogen) atoms. The summed E-state index contributed by atoms with van der Waals surface area (Å²) in [5, 5.41) is 8.43. The summed E-state index contributed by atoms with van der Waals surface area (Å²) in [5.74, 6) is 1.87. The predicted molar refractivity (Wildman–Crippen MR) is 75.1 cm³/mol. The van der Waals surface area contributed by atoms with Crippen LogP contribution in [0.15, 0.2) is 21.3 Å². The van der Waals surface area contributed by atoms with Crippen molar-refractivity contribution < 1.29 is 4.52 Å². The maximum atomic E-state index is 5.35. The van der Waals surface area contributed by atoms with Gasteiger partial charge in [0.15, 0.2) is 5.82 Å². The molecule has 0 aliphatic carbocycles. The molecule has 1 unspecified atom stereocenters. The van der Waals surface area contributed by atoms with Gasteiger partial charge >= 0.3 is 0 Å². The summed E-state index contributed by atoms with van der Waals surface area (Å²) in [6, 6.07) is 2.74. The molecule has 102 valence electrons. The van der Waals surface area contributed by atoms with E-state index in [1.165, 1.54) is 18.4 Å². The second-order valence-electron chi connectivity index (χ2n) is 5.39. The van der Waals surface area contributed by atoms with Gasteiger partial charge in [0, 0.05) is 12.0 Å². The number of hydrogen-bond acceptors (Lipinski definition) is 5. The topological polar surface area (TPSA) is 42.2 Å². The van der Waals surface area contributed by atoms with Crippen molar-refractivity contribution >= 4 is 11.3 Å². The highest BCUT2D eigenvalue weighted by atomic mass is 32.1. The molecule has 3 rings (SSSR count). The van der Waals surface area contributed by atoms with Crippen molar-refractivity contribution in [1.29, 1.82) is 0 Å². The van der Waals surface area contributed by atoms with Crippen LogP contribution in [0.4, 0.5) is 0 Å². The molecule has 0 saturated carbocycles. The number of thiophene rings is 1. The lowest BCUT2D eigenvalue weighted by Crippen LogP contribution is -2.22. The number of likely N-dealkylation sites (tertiary alicyclic amines) is 1. The molecular formula is C14H19N3OS. The van der Waals surface area contributed by atoms with Gasteiger partial charge in [-0.25, -0.2) is 0 Å². The molecule has 0 amide bonds. The Bertz CT molecular complexity index is 521. The van der Waals surface area contributed by atoms with Gasteiger partial charge in [-0.15, -0.1) is 0 Å². The van der Waals surface area contributed by atoms with Crippen molar-refractivity contribution in [1.82, 2.24) is 15.0 Å². The van der Waals surface area contributed by atoms with E-state index in [0.29, 0.717) is 12.0 Å². The highest BCUT2D eigenvalue weighted by molar-refractivity contribution is 7.07. The Kier molecular flexibility index (Phi) is 3.66. The molecule has 3 heterocycles. The molecule has 2 aromatic heterocycles. The molecule has 1 saturated heterocycles. The summed E-state index contributed by atoms with van der Waals surface area (Å²) in [6.07, 6.45) is 2.47. The van der Waals surface area contributed by atoms with Gasteiger partial charge in [0.1, 0.15) is 0 Å². The van der Waals surface area contributed by atoms with Gasteiger partial charge in [-0.3, -0.25) is 4.90 Å². The van der Waals surface area contributed by atoms with Crippen LogP contribution < -0.4 is 0 Å². The van der Waals surface area contributed by atoms with E-state index in [-0.39, 0.29) is 0 Å². The molecule has 1 atom stereocenters. The van der Waals surface area contributed by atoms with Gasteiger partial charge in [0.25, 0.3) is 0 Å². The third-order valence-electron chi connectivity index (χ3n) is 3.63. The van der Waals surface area contributed by atoms with Crippen LogP contribution >= 0.6 is 11.3 Å². The molecule has 4 nitrogen and oxygen atoms in total. The molecule has 0 N–H and O–H groups in total. The molecule has 0 radical (unpaired) electrons. The Hall–Kier alpha value is -1.20. The molecule has 0 aromatic carbocycles. The molecule has 0 spiro atoms. The lowest BCUT2D eigenvalue weighted by molar-refractivity contribution is 0.212. The first-order chi connectivity index (χ1) is 9.24. The zero-order valence-corrected chi connectivity index (χ0v) is 12.2. The SMILES string of the molecule is CC(C)c1noc(CN2CCCC2c2ccsc2)n1. The van der Waals surface area contributed by atoms with E-state index in [1.807, 2.05) is 0 Å². The standard InChI is InChI=1S/C14H19N3OS/c1-10(2)14-15-13(18-16-14)8-17-6-3-4-12(17)11-5-7-19-9-11/h5,7,9-10,12H,3-4,6,8H2,1-2H3. The van der Waals surface area contributed by atoms with Crippen molar-refractivity contribution in [2.45, 2.75) is 45.2 Å². The third kappa shape index (κ3) is 2.72. The zero-order valence-electron chi connectivity index (χ0n) is 11.4. The Labute approximate surface area is 117 Å². The van der Waals surface area contributed by atoms with Crippen molar-refractivity contribution in [3.05, 3.63) is 34.1 Å². The van der Waals surface area contributed by atoms with E-state index in [4.69, 9.17) is 4.52 Å². The average Bonchev–Trinajstić information content (AvgIpc) is 3.09. The average molecular weight is 277 g/mol. The first-order valence-electron chi connectivity index (χ1n) is 6.82. The van der Waals surface area contributed by atoms with Crippen molar-refractivity contribution in [3.8, 4) is 0 Å². The van der Waals surface area contributed by atoms with Crippen LogP contribution in [0.1, 0.15) is 55.9 Å². The minimum atomic E-state index is 0.323. The Morgan fingerprint density at radius 3 is 3.11 bits per heavy atom. The second kappa shape index (κ2) is 5.43. The predicted octanol–water partition coefficient (Wildman–Crippen LogP) is 3.59. The Morgan fingerprint density at radius 1 is 1.53 bits per heavy atom. The molecule has 1 aliphatic rings. The Balaban J connectivity index is 1.71. The quantitative estimate of drug-likeness (QED) is 0.856. The zero-order chi connectivity index (χ0) is 13.2. The summed E-state index contributed by atoms with van der Waals surface area (Å²) in [7, 11) is 0. The second-order valence-corrected chi connectivity index (χ2v) is 6.17. The molecule has 0 bridgehead atoms. The molecular weight excluding hydrogens is 258 g/mol. The summed E-state index contributed by atoms with van der Waals surface area (Å²) in [4.78, 5) is 6.92. The van der Waals surface area contributed by atoms with Crippen LogP contribution in [-0.4, -0.2) is 21.6 Å². The number of hydrogen-bond donors (Lipinski definition) is 0. The highest BCUT2D eigenvalue weighted by Crippen LogP contribution is 2.33. The highest BCUT2D eigenvalue weighted by Gasteiger charge is 2.27. The fourth-order valence-corrected chi connectivity index (χ4v) is 3.31. The smallest absolute Gasteiger partial charge is 0.240 e. The van der Waals surface area contributed by atoms with E-state index in [2.05, 4.69) is 45.7 Å². The number of nitrogens with zero attached hydrogens (tertiary/aromatic N) is 3. The van der Waals surface area contributed by atoms with Crippen LogP contribution in [0.3, 0.4) is 0 Å². The fourth-order valence-electron chi connectivity index (χ4n) is 2.60. The third-order valence-corrected chi connectivity index (χ3v) is 4.33. The van der Waals surface area contributed by atoms with E-state index in [1.54, 1.807) is 11.3 Å². The summed E-state index contributed by atoms with van der Waals surface area (Å²) in [6.45, 7) is 6.04. The number of rotatable bonds is 4. The van der Waals surface area contributed by atoms with Gasteiger partial charge < -0.3 is 4.52 Å². The van der Waals surface area contributed by atoms with E-state index in [0.717, 1.165) is 24.8 Å². The van der Waals surface area contributed by atoms with Gasteiger partial charge in [0.2, 0.25) is 5.89 Å². The molecule has 1 aliphatic heterocycles. The van der Waals surface area contributed by atoms with Gasteiger partial charge in [-0.1, -0.05) is 19.0 Å². The van der Waals surface area contributed by atoms with Crippen molar-refractivity contribution in [2.24, 2.45) is 0 Å². The van der Waals surface area contributed by atoms with Crippen molar-refractivity contribution in [3.63, 3.8) is 0 Å². The van der Waals surface area contributed by atoms with Crippen molar-refractivity contribution in [2.75, 3.05) is 6.54 Å². The summed E-state index contributed by atoms with van der Waals surface area (Å²) in [5.41, 5.74) is 1.42. The fraction of sp³-hybridized carbons (Fsp3) is 0.571. The monoisotopic (exact) mass is 277 g/mol. The number of aromatic nitrogens is 2. The first kappa shape index (κ1) is 12.8. The first-order valence-corrected chi connectivity index (χ1v) is 7.77. The van der Waals surface area contributed by atoms with Crippen LogP contribution in [0, 0.1) is 0 Å². The normalized spacial score (nSPS) is 20.5. The van der Waals surface area contributed by atoms with Crippen LogP contribution in [0.2, 0.25) is 0 Å². The van der Waals surface area contributed by atoms with Crippen LogP contribution in [-0.2, 0) is 6.54 Å². The van der Waals surface area contributed by atoms with E-state index >= 15 is 0 Å². The molecule has 5 heteroatoms. The van der Waals surface area contributed by atoms with Crippen LogP contribution in [0.5, 0.6) is 0 Å². The summed E-state index contributed by atoms with van der Waals surface area (Å²) >= 11 is 1.76. The lowest BCUT2D eigenvalue weighted by Gasteiger charge is -2.21. The summed E-state index contributed by atoms with van der Waals surface area (Å²) < 4.78 is 5.35. The lowest BCUT2D eigenvalue weighted by atomic mass is 10.1. The van der Waals surface area contributed by atoms with Gasteiger partial charge in [-0.2, -0.15) is 16.3 Å².